The summed E-state index contributed by atoms with van der Waals surface area (Å²) >= 11 is 1.85. The van der Waals surface area contributed by atoms with E-state index in [4.69, 9.17) is 9.15 Å². The molecule has 4 rings (SSSR count). The van der Waals surface area contributed by atoms with E-state index in [1.165, 1.54) is 11.6 Å². The van der Waals surface area contributed by atoms with Gasteiger partial charge in [0.15, 0.2) is 0 Å². The number of aryl methyl sites for hydroxylation is 1. The standard InChI is InChI=1S/C17H19N3O4S/c1-11-4-14(5-17(22)23-11)24-13-2-3-19(7-13)16(21)8-20-15-10-25-9-12(15)6-18-20/h4-6,13H,2-3,7-10H2,1H3. The van der Waals surface area contributed by atoms with E-state index < -0.39 is 5.63 Å². The third kappa shape index (κ3) is 3.44. The number of likely N-dealkylation sites (tertiary alicyclic amines) is 1. The van der Waals surface area contributed by atoms with E-state index in [-0.39, 0.29) is 18.6 Å². The summed E-state index contributed by atoms with van der Waals surface area (Å²) in [5.41, 5.74) is 1.97. The first-order chi connectivity index (χ1) is 12.1. The van der Waals surface area contributed by atoms with Gasteiger partial charge in [0.25, 0.3) is 0 Å². The Hall–Kier alpha value is -2.22. The lowest BCUT2D eigenvalue weighted by molar-refractivity contribution is -0.131. The number of carbonyl (C=O) groups is 1. The molecule has 0 radical (unpaired) electrons. The first-order valence-corrected chi connectivity index (χ1v) is 9.41. The van der Waals surface area contributed by atoms with Crippen molar-refractivity contribution >= 4 is 17.7 Å². The van der Waals surface area contributed by atoms with Gasteiger partial charge in [0.2, 0.25) is 5.91 Å². The van der Waals surface area contributed by atoms with Gasteiger partial charge in [0, 0.05) is 36.1 Å². The second kappa shape index (κ2) is 6.59. The lowest BCUT2D eigenvalue weighted by Gasteiger charge is -2.18. The molecule has 1 unspecified atom stereocenters. The predicted octanol–water partition coefficient (Wildman–Crippen LogP) is 1.57. The SMILES string of the molecule is Cc1cc(OC2CCN(C(=O)Cn3ncc4c3CSC4)C2)cc(=O)o1. The van der Waals surface area contributed by atoms with E-state index in [0.29, 0.717) is 24.6 Å². The van der Waals surface area contributed by atoms with Gasteiger partial charge in [-0.3, -0.25) is 9.48 Å². The van der Waals surface area contributed by atoms with Crippen molar-refractivity contribution < 1.29 is 13.9 Å². The molecule has 1 atom stereocenters. The molecule has 0 aliphatic carbocycles. The van der Waals surface area contributed by atoms with Crippen LogP contribution in [0.3, 0.4) is 0 Å². The molecule has 0 saturated carbocycles. The molecule has 4 heterocycles. The quantitative estimate of drug-likeness (QED) is 0.823. The van der Waals surface area contributed by atoms with Crippen molar-refractivity contribution in [1.29, 1.82) is 0 Å². The van der Waals surface area contributed by atoms with Gasteiger partial charge >= 0.3 is 5.63 Å². The first-order valence-electron chi connectivity index (χ1n) is 8.26. The topological polar surface area (TPSA) is 77.6 Å². The number of hydrogen-bond acceptors (Lipinski definition) is 6. The number of amides is 1. The molecule has 0 spiro atoms. The molecular weight excluding hydrogens is 342 g/mol. The van der Waals surface area contributed by atoms with E-state index in [2.05, 4.69) is 5.10 Å². The molecule has 132 valence electrons. The third-order valence-corrected chi connectivity index (χ3v) is 5.48. The Morgan fingerprint density at radius 3 is 3.16 bits per heavy atom. The molecule has 2 aliphatic rings. The smallest absolute Gasteiger partial charge is 0.339 e. The van der Waals surface area contributed by atoms with Crippen LogP contribution in [0.4, 0.5) is 0 Å². The zero-order valence-electron chi connectivity index (χ0n) is 13.9. The fourth-order valence-electron chi connectivity index (χ4n) is 3.25. The zero-order valence-corrected chi connectivity index (χ0v) is 14.8. The molecule has 2 aromatic heterocycles. The Labute approximate surface area is 148 Å². The molecule has 2 aromatic rings. The highest BCUT2D eigenvalue weighted by molar-refractivity contribution is 7.98. The third-order valence-electron chi connectivity index (χ3n) is 4.48. The largest absolute Gasteiger partial charge is 0.488 e. The first kappa shape index (κ1) is 16.3. The number of carbonyl (C=O) groups excluding carboxylic acids is 1. The lowest BCUT2D eigenvalue weighted by Crippen LogP contribution is -2.34. The summed E-state index contributed by atoms with van der Waals surface area (Å²) in [6.07, 6.45) is 2.50. The van der Waals surface area contributed by atoms with Crippen LogP contribution < -0.4 is 10.4 Å². The molecule has 2 aliphatic heterocycles. The van der Waals surface area contributed by atoms with E-state index in [1.807, 2.05) is 22.6 Å². The van der Waals surface area contributed by atoms with Gasteiger partial charge in [0.1, 0.15) is 24.2 Å². The van der Waals surface area contributed by atoms with E-state index in [9.17, 15) is 9.59 Å². The van der Waals surface area contributed by atoms with Crippen molar-refractivity contribution in [2.24, 2.45) is 0 Å². The second-order valence-electron chi connectivity index (χ2n) is 6.36. The number of ether oxygens (including phenoxy) is 1. The highest BCUT2D eigenvalue weighted by Gasteiger charge is 2.29. The van der Waals surface area contributed by atoms with Crippen LogP contribution in [0.15, 0.2) is 27.5 Å². The van der Waals surface area contributed by atoms with Crippen LogP contribution in [0.1, 0.15) is 23.4 Å². The van der Waals surface area contributed by atoms with Crippen LogP contribution in [0.25, 0.3) is 0 Å². The van der Waals surface area contributed by atoms with E-state index in [0.717, 1.165) is 23.6 Å². The molecule has 0 aromatic carbocycles. The molecule has 25 heavy (non-hydrogen) atoms. The van der Waals surface area contributed by atoms with Crippen molar-refractivity contribution in [2.75, 3.05) is 13.1 Å². The number of rotatable bonds is 4. The van der Waals surface area contributed by atoms with Gasteiger partial charge in [0.05, 0.1) is 24.5 Å². The number of fused-ring (bicyclic) bond motifs is 1. The molecule has 1 amide bonds. The lowest BCUT2D eigenvalue weighted by atomic mass is 10.3. The van der Waals surface area contributed by atoms with E-state index in [1.54, 1.807) is 17.9 Å². The Morgan fingerprint density at radius 2 is 2.32 bits per heavy atom. The summed E-state index contributed by atoms with van der Waals surface area (Å²) in [5.74, 6) is 2.96. The highest BCUT2D eigenvalue weighted by Crippen LogP contribution is 2.29. The van der Waals surface area contributed by atoms with Gasteiger partial charge in [-0.25, -0.2) is 4.79 Å². The summed E-state index contributed by atoms with van der Waals surface area (Å²) in [6.45, 7) is 3.16. The average molecular weight is 361 g/mol. The molecule has 1 saturated heterocycles. The van der Waals surface area contributed by atoms with Gasteiger partial charge < -0.3 is 14.1 Å². The van der Waals surface area contributed by atoms with Gasteiger partial charge in [-0.2, -0.15) is 16.9 Å². The van der Waals surface area contributed by atoms with Gasteiger partial charge in [-0.1, -0.05) is 0 Å². The summed E-state index contributed by atoms with van der Waals surface area (Å²) in [5, 5.41) is 4.33. The number of aromatic nitrogens is 2. The summed E-state index contributed by atoms with van der Waals surface area (Å²) in [6, 6.07) is 3.03. The molecule has 0 bridgehead atoms. The van der Waals surface area contributed by atoms with Gasteiger partial charge in [-0.05, 0) is 6.92 Å². The Morgan fingerprint density at radius 1 is 1.44 bits per heavy atom. The van der Waals surface area contributed by atoms with Crippen LogP contribution in [-0.2, 0) is 22.8 Å². The van der Waals surface area contributed by atoms with Crippen molar-refractivity contribution in [3.63, 3.8) is 0 Å². The maximum absolute atomic E-state index is 12.6. The number of nitrogens with zero attached hydrogens (tertiary/aromatic N) is 3. The Bertz CT molecular complexity index is 860. The van der Waals surface area contributed by atoms with Crippen LogP contribution >= 0.6 is 11.8 Å². The average Bonchev–Trinajstić information content (AvgIpc) is 3.24. The molecular formula is C17H19N3O4S. The summed E-state index contributed by atoms with van der Waals surface area (Å²) in [7, 11) is 0. The minimum Gasteiger partial charge on any atom is -0.488 e. The minimum atomic E-state index is -0.425. The fourth-order valence-corrected chi connectivity index (χ4v) is 4.34. The van der Waals surface area contributed by atoms with Crippen LogP contribution in [-0.4, -0.2) is 39.8 Å². The molecule has 7 nitrogen and oxygen atoms in total. The van der Waals surface area contributed by atoms with Crippen LogP contribution in [0.2, 0.25) is 0 Å². The van der Waals surface area contributed by atoms with Gasteiger partial charge in [-0.15, -0.1) is 0 Å². The summed E-state index contributed by atoms with van der Waals surface area (Å²) in [4.78, 5) is 25.8. The monoisotopic (exact) mass is 361 g/mol. The zero-order chi connectivity index (χ0) is 17.4. The number of thioether (sulfide) groups is 1. The van der Waals surface area contributed by atoms with Crippen molar-refractivity contribution in [1.82, 2.24) is 14.7 Å². The van der Waals surface area contributed by atoms with E-state index >= 15 is 0 Å². The second-order valence-corrected chi connectivity index (χ2v) is 7.34. The van der Waals surface area contributed by atoms with Crippen LogP contribution in [0, 0.1) is 6.92 Å². The summed E-state index contributed by atoms with van der Waals surface area (Å²) < 4.78 is 12.6. The number of hydrogen-bond donors (Lipinski definition) is 0. The Balaban J connectivity index is 1.36. The maximum Gasteiger partial charge on any atom is 0.339 e. The molecule has 1 fully saturated rings. The Kier molecular flexibility index (Phi) is 4.29. The molecule has 0 N–H and O–H groups in total. The maximum atomic E-state index is 12.6. The highest BCUT2D eigenvalue weighted by atomic mass is 32.2. The minimum absolute atomic E-state index is 0.0534. The fraction of sp³-hybridized carbons (Fsp3) is 0.471. The van der Waals surface area contributed by atoms with Crippen molar-refractivity contribution in [3.8, 4) is 5.75 Å². The predicted molar refractivity (Wildman–Crippen MR) is 92.6 cm³/mol. The van der Waals surface area contributed by atoms with Crippen molar-refractivity contribution in [3.05, 3.63) is 45.8 Å². The normalized spacial score (nSPS) is 19.2. The molecule has 8 heteroatoms. The van der Waals surface area contributed by atoms with Crippen LogP contribution in [0.5, 0.6) is 5.75 Å². The van der Waals surface area contributed by atoms with Crippen molar-refractivity contribution in [2.45, 2.75) is 37.5 Å².